The maximum atomic E-state index is 12.2. The SMILES string of the molecule is CNc1cnc(C(C)C)nc1C(=O)NC(C)CC(N)=O. The number of anilines is 1. The minimum absolute atomic E-state index is 0.0861. The van der Waals surface area contributed by atoms with Gasteiger partial charge in [0.05, 0.1) is 11.9 Å². The van der Waals surface area contributed by atoms with E-state index in [1.165, 1.54) is 0 Å². The van der Waals surface area contributed by atoms with Crippen molar-refractivity contribution in [2.24, 2.45) is 5.73 Å². The lowest BCUT2D eigenvalue weighted by Gasteiger charge is -2.14. The first kappa shape index (κ1) is 15.9. The number of nitrogens with zero attached hydrogens (tertiary/aromatic N) is 2. The Labute approximate surface area is 118 Å². The van der Waals surface area contributed by atoms with E-state index in [0.29, 0.717) is 11.5 Å². The van der Waals surface area contributed by atoms with E-state index in [1.54, 1.807) is 20.2 Å². The molecule has 0 aliphatic heterocycles. The fourth-order valence-corrected chi connectivity index (χ4v) is 1.67. The van der Waals surface area contributed by atoms with Gasteiger partial charge in [-0.25, -0.2) is 9.97 Å². The third-order valence-electron chi connectivity index (χ3n) is 2.69. The van der Waals surface area contributed by atoms with Gasteiger partial charge in [0.1, 0.15) is 5.82 Å². The predicted molar refractivity (Wildman–Crippen MR) is 76.4 cm³/mol. The molecule has 110 valence electrons. The zero-order chi connectivity index (χ0) is 15.3. The normalized spacial score (nSPS) is 12.1. The van der Waals surface area contributed by atoms with Crippen LogP contribution in [0.3, 0.4) is 0 Å². The van der Waals surface area contributed by atoms with Crippen LogP contribution in [0.4, 0.5) is 5.69 Å². The number of nitrogens with two attached hydrogens (primary N) is 1. The van der Waals surface area contributed by atoms with Crippen molar-refractivity contribution in [3.63, 3.8) is 0 Å². The molecule has 0 radical (unpaired) electrons. The van der Waals surface area contributed by atoms with Crippen molar-refractivity contribution >= 4 is 17.5 Å². The summed E-state index contributed by atoms with van der Waals surface area (Å²) >= 11 is 0. The first-order valence-electron chi connectivity index (χ1n) is 6.49. The van der Waals surface area contributed by atoms with Crippen LogP contribution < -0.4 is 16.4 Å². The third-order valence-corrected chi connectivity index (χ3v) is 2.69. The lowest BCUT2D eigenvalue weighted by atomic mass is 10.2. The second-order valence-electron chi connectivity index (χ2n) is 4.94. The fourth-order valence-electron chi connectivity index (χ4n) is 1.67. The van der Waals surface area contributed by atoms with Gasteiger partial charge in [-0.15, -0.1) is 0 Å². The fraction of sp³-hybridized carbons (Fsp3) is 0.538. The minimum Gasteiger partial charge on any atom is -0.385 e. The van der Waals surface area contributed by atoms with E-state index in [2.05, 4.69) is 20.6 Å². The van der Waals surface area contributed by atoms with E-state index in [1.807, 2.05) is 13.8 Å². The van der Waals surface area contributed by atoms with Gasteiger partial charge in [-0.05, 0) is 6.92 Å². The van der Waals surface area contributed by atoms with Gasteiger partial charge in [0.15, 0.2) is 5.69 Å². The summed E-state index contributed by atoms with van der Waals surface area (Å²) in [7, 11) is 1.69. The van der Waals surface area contributed by atoms with Crippen LogP contribution in [-0.2, 0) is 4.79 Å². The van der Waals surface area contributed by atoms with E-state index in [4.69, 9.17) is 5.73 Å². The standard InChI is InChI=1S/C13H21N5O2/c1-7(2)12-16-6-9(15-4)11(18-12)13(20)17-8(3)5-10(14)19/h6-8,15H,5H2,1-4H3,(H2,14,19)(H,17,20). The third kappa shape index (κ3) is 4.18. The molecule has 1 heterocycles. The Kier molecular flexibility index (Phi) is 5.42. The number of carbonyl (C=O) groups excluding carboxylic acids is 2. The predicted octanol–water partition coefficient (Wildman–Crippen LogP) is 0.635. The number of amides is 2. The quantitative estimate of drug-likeness (QED) is 0.707. The van der Waals surface area contributed by atoms with Crippen LogP contribution in [-0.4, -0.2) is 34.9 Å². The van der Waals surface area contributed by atoms with Crippen molar-refractivity contribution < 1.29 is 9.59 Å². The Balaban J connectivity index is 2.95. The molecule has 7 nitrogen and oxygen atoms in total. The van der Waals surface area contributed by atoms with E-state index in [9.17, 15) is 9.59 Å². The number of aromatic nitrogens is 2. The molecule has 1 unspecified atom stereocenters. The summed E-state index contributed by atoms with van der Waals surface area (Å²) in [4.78, 5) is 31.5. The molecule has 2 amide bonds. The Morgan fingerprint density at radius 1 is 1.35 bits per heavy atom. The summed E-state index contributed by atoms with van der Waals surface area (Å²) in [5.74, 6) is -0.100. The Morgan fingerprint density at radius 2 is 2.00 bits per heavy atom. The molecule has 0 saturated heterocycles. The summed E-state index contributed by atoms with van der Waals surface area (Å²) in [6.07, 6.45) is 1.67. The van der Waals surface area contributed by atoms with Crippen LogP contribution in [0.1, 0.15) is 49.4 Å². The van der Waals surface area contributed by atoms with Crippen molar-refractivity contribution in [3.05, 3.63) is 17.7 Å². The first-order chi connectivity index (χ1) is 9.35. The molecule has 1 rings (SSSR count). The van der Waals surface area contributed by atoms with Crippen LogP contribution in [0.2, 0.25) is 0 Å². The zero-order valence-electron chi connectivity index (χ0n) is 12.2. The first-order valence-corrected chi connectivity index (χ1v) is 6.49. The summed E-state index contributed by atoms with van der Waals surface area (Å²) in [6, 6.07) is -0.345. The van der Waals surface area contributed by atoms with E-state index in [0.717, 1.165) is 0 Å². The van der Waals surface area contributed by atoms with Crippen molar-refractivity contribution in [2.75, 3.05) is 12.4 Å². The lowest BCUT2D eigenvalue weighted by Crippen LogP contribution is -2.36. The van der Waals surface area contributed by atoms with Gasteiger partial charge in [-0.2, -0.15) is 0 Å². The number of hydrogen-bond donors (Lipinski definition) is 3. The van der Waals surface area contributed by atoms with Crippen LogP contribution in [0, 0.1) is 0 Å². The highest BCUT2D eigenvalue weighted by Gasteiger charge is 2.18. The topological polar surface area (TPSA) is 110 Å². The number of hydrogen-bond acceptors (Lipinski definition) is 5. The second kappa shape index (κ2) is 6.83. The molecule has 20 heavy (non-hydrogen) atoms. The maximum absolute atomic E-state index is 12.2. The summed E-state index contributed by atoms with van der Waals surface area (Å²) < 4.78 is 0. The molecule has 0 aliphatic carbocycles. The van der Waals surface area contributed by atoms with Crippen LogP contribution in [0.5, 0.6) is 0 Å². The molecule has 1 atom stereocenters. The molecule has 1 aromatic heterocycles. The number of nitrogens with one attached hydrogen (secondary N) is 2. The molecule has 0 aliphatic rings. The maximum Gasteiger partial charge on any atom is 0.272 e. The Hall–Kier alpha value is -2.18. The van der Waals surface area contributed by atoms with Crippen molar-refractivity contribution in [2.45, 2.75) is 39.2 Å². The highest BCUT2D eigenvalue weighted by molar-refractivity contribution is 5.97. The molecule has 7 heteroatoms. The highest BCUT2D eigenvalue weighted by Crippen LogP contribution is 2.16. The number of carbonyl (C=O) groups is 2. The van der Waals surface area contributed by atoms with Gasteiger partial charge >= 0.3 is 0 Å². The average molecular weight is 279 g/mol. The van der Waals surface area contributed by atoms with E-state index in [-0.39, 0.29) is 30.0 Å². The summed E-state index contributed by atoms with van der Waals surface area (Å²) in [5, 5.41) is 5.58. The number of rotatable bonds is 6. The summed E-state index contributed by atoms with van der Waals surface area (Å²) in [5.41, 5.74) is 5.91. The van der Waals surface area contributed by atoms with Crippen LogP contribution >= 0.6 is 0 Å². The molecule has 0 saturated carbocycles. The molecular weight excluding hydrogens is 258 g/mol. The minimum atomic E-state index is -0.461. The van der Waals surface area contributed by atoms with Crippen molar-refractivity contribution in [1.29, 1.82) is 0 Å². The molecule has 0 fully saturated rings. The molecule has 0 spiro atoms. The van der Waals surface area contributed by atoms with Crippen LogP contribution in [0.15, 0.2) is 6.20 Å². The van der Waals surface area contributed by atoms with Crippen LogP contribution in [0.25, 0.3) is 0 Å². The monoisotopic (exact) mass is 279 g/mol. The van der Waals surface area contributed by atoms with Crippen molar-refractivity contribution in [3.8, 4) is 0 Å². The van der Waals surface area contributed by atoms with Crippen molar-refractivity contribution in [1.82, 2.24) is 15.3 Å². The largest absolute Gasteiger partial charge is 0.385 e. The smallest absolute Gasteiger partial charge is 0.272 e. The van der Waals surface area contributed by atoms with Gasteiger partial charge < -0.3 is 16.4 Å². The summed E-state index contributed by atoms with van der Waals surface area (Å²) in [6.45, 7) is 5.61. The molecular formula is C13H21N5O2. The molecule has 4 N–H and O–H groups in total. The highest BCUT2D eigenvalue weighted by atomic mass is 16.2. The molecule has 0 bridgehead atoms. The number of primary amides is 1. The second-order valence-corrected chi connectivity index (χ2v) is 4.94. The Bertz CT molecular complexity index is 502. The lowest BCUT2D eigenvalue weighted by molar-refractivity contribution is -0.118. The van der Waals surface area contributed by atoms with Gasteiger partial charge in [0.2, 0.25) is 5.91 Å². The van der Waals surface area contributed by atoms with E-state index < -0.39 is 5.91 Å². The van der Waals surface area contributed by atoms with Gasteiger partial charge in [0, 0.05) is 25.4 Å². The van der Waals surface area contributed by atoms with Gasteiger partial charge in [-0.3, -0.25) is 9.59 Å². The van der Waals surface area contributed by atoms with Gasteiger partial charge in [0.25, 0.3) is 5.91 Å². The zero-order valence-corrected chi connectivity index (χ0v) is 12.2. The van der Waals surface area contributed by atoms with E-state index >= 15 is 0 Å². The van der Waals surface area contributed by atoms with Gasteiger partial charge in [-0.1, -0.05) is 13.8 Å². The molecule has 0 aromatic carbocycles. The Morgan fingerprint density at radius 3 is 2.50 bits per heavy atom. The molecule has 1 aromatic rings. The average Bonchev–Trinajstić information content (AvgIpc) is 2.36.